The van der Waals surface area contributed by atoms with E-state index < -0.39 is 39.3 Å². The molecule has 0 saturated carbocycles. The highest BCUT2D eigenvalue weighted by atomic mass is 32.2. The molecule has 0 bridgehead atoms. The number of hydrogen-bond acceptors (Lipinski definition) is 7. The van der Waals surface area contributed by atoms with E-state index in [0.29, 0.717) is 12.8 Å². The Hall–Kier alpha value is -2.50. The Balaban J connectivity index is 1.64. The number of piperidine rings is 1. The monoisotopic (exact) mass is 494 g/mol. The number of amides is 1. The van der Waals surface area contributed by atoms with Crippen molar-refractivity contribution in [1.82, 2.24) is 13.9 Å². The van der Waals surface area contributed by atoms with Crippen LogP contribution in [-0.2, 0) is 35.8 Å². The van der Waals surface area contributed by atoms with Crippen LogP contribution in [0.2, 0.25) is 0 Å². The Labute approximate surface area is 201 Å². The average Bonchev–Trinajstić information content (AvgIpc) is 3.16. The molecule has 1 saturated heterocycles. The van der Waals surface area contributed by atoms with Crippen LogP contribution < -0.4 is 5.32 Å². The van der Waals surface area contributed by atoms with Crippen LogP contribution in [0.15, 0.2) is 35.5 Å². The molecule has 34 heavy (non-hydrogen) atoms. The van der Waals surface area contributed by atoms with E-state index in [4.69, 9.17) is 9.57 Å². The highest BCUT2D eigenvalue weighted by molar-refractivity contribution is 7.86. The molecule has 188 valence electrons. The van der Waals surface area contributed by atoms with Crippen LogP contribution in [0, 0.1) is 0 Å². The predicted molar refractivity (Wildman–Crippen MR) is 127 cm³/mol. The van der Waals surface area contributed by atoms with Gasteiger partial charge in [-0.2, -0.15) is 17.0 Å². The van der Waals surface area contributed by atoms with E-state index in [-0.39, 0.29) is 31.6 Å². The maximum atomic E-state index is 13.0. The lowest BCUT2D eigenvalue weighted by molar-refractivity contribution is -0.158. The summed E-state index contributed by atoms with van der Waals surface area (Å²) in [6.07, 6.45) is 1.36. The van der Waals surface area contributed by atoms with E-state index >= 15 is 0 Å². The van der Waals surface area contributed by atoms with Crippen LogP contribution in [0.1, 0.15) is 45.6 Å². The summed E-state index contributed by atoms with van der Waals surface area (Å²) in [5.74, 6) is -1.02. The second kappa shape index (κ2) is 10.0. The number of nitrogens with one attached hydrogen (secondary N) is 1. The predicted octanol–water partition coefficient (Wildman–Crippen LogP) is 1.47. The number of benzene rings is 1. The molecule has 1 spiro atoms. The minimum Gasteiger partial charge on any atom is -0.458 e. The normalized spacial score (nSPS) is 19.4. The molecule has 10 nitrogen and oxygen atoms in total. The van der Waals surface area contributed by atoms with Gasteiger partial charge in [0.25, 0.3) is 16.1 Å². The second-order valence-electron chi connectivity index (χ2n) is 9.93. The summed E-state index contributed by atoms with van der Waals surface area (Å²) in [7, 11) is -0.515. The molecule has 11 heteroatoms. The molecule has 3 rings (SSSR count). The highest BCUT2D eigenvalue weighted by Crippen LogP contribution is 2.35. The maximum Gasteiger partial charge on any atom is 0.329 e. The SMILES string of the molecule is CN(C)S(=O)(=O)N1CCC2(CC1)CC(C(=O)NC(Cc1ccccc1)C(=O)OC(C)(C)C)=NO2. The number of hydrogen-bond donors (Lipinski definition) is 1. The molecule has 1 aromatic carbocycles. The molecule has 2 heterocycles. The zero-order chi connectivity index (χ0) is 25.1. The number of nitrogens with zero attached hydrogens (tertiary/aromatic N) is 3. The molecule has 2 aliphatic heterocycles. The van der Waals surface area contributed by atoms with Crippen molar-refractivity contribution in [2.24, 2.45) is 5.16 Å². The fourth-order valence-electron chi connectivity index (χ4n) is 3.92. The molecule has 0 aromatic heterocycles. The standard InChI is InChI=1S/C23H34N4O6S/c1-22(2,3)32-21(29)18(15-17-9-7-6-8-10-17)24-20(28)19-16-23(33-25-19)11-13-27(14-12-23)34(30,31)26(4)5/h6-10,18H,11-16H2,1-5H3,(H,24,28). The van der Waals surface area contributed by atoms with Crippen molar-refractivity contribution in [3.05, 3.63) is 35.9 Å². The summed E-state index contributed by atoms with van der Waals surface area (Å²) < 4.78 is 32.8. The van der Waals surface area contributed by atoms with Crippen LogP contribution in [-0.4, -0.2) is 79.0 Å². The summed E-state index contributed by atoms with van der Waals surface area (Å²) in [6, 6.07) is 8.48. The third kappa shape index (κ3) is 6.34. The fourth-order valence-corrected chi connectivity index (χ4v) is 5.03. The van der Waals surface area contributed by atoms with Gasteiger partial charge >= 0.3 is 5.97 Å². The number of oxime groups is 1. The van der Waals surface area contributed by atoms with Gasteiger partial charge in [0.15, 0.2) is 0 Å². The van der Waals surface area contributed by atoms with Gasteiger partial charge in [-0.3, -0.25) is 4.79 Å². The molecule has 1 atom stereocenters. The lowest BCUT2D eigenvalue weighted by Crippen LogP contribution is -2.51. The first-order valence-corrected chi connectivity index (χ1v) is 12.7. The molecular weight excluding hydrogens is 460 g/mol. The second-order valence-corrected chi connectivity index (χ2v) is 12.1. The van der Waals surface area contributed by atoms with Gasteiger partial charge in [0, 0.05) is 52.9 Å². The Bertz CT molecular complexity index is 1030. The van der Waals surface area contributed by atoms with Crippen LogP contribution in [0.25, 0.3) is 0 Å². The quantitative estimate of drug-likeness (QED) is 0.574. The van der Waals surface area contributed by atoms with Crippen molar-refractivity contribution in [3.63, 3.8) is 0 Å². The zero-order valence-electron chi connectivity index (χ0n) is 20.4. The van der Waals surface area contributed by atoms with Crippen LogP contribution >= 0.6 is 0 Å². The Morgan fingerprint density at radius 3 is 2.38 bits per heavy atom. The third-order valence-electron chi connectivity index (χ3n) is 5.80. The lowest BCUT2D eigenvalue weighted by atomic mass is 9.87. The first-order chi connectivity index (χ1) is 15.8. The summed E-state index contributed by atoms with van der Waals surface area (Å²) in [6.45, 7) is 5.87. The molecule has 1 unspecified atom stereocenters. The van der Waals surface area contributed by atoms with Crippen molar-refractivity contribution >= 4 is 27.8 Å². The first-order valence-electron chi connectivity index (χ1n) is 11.3. The fraction of sp³-hybridized carbons (Fsp3) is 0.609. The lowest BCUT2D eigenvalue weighted by Gasteiger charge is -2.37. The van der Waals surface area contributed by atoms with E-state index in [2.05, 4.69) is 10.5 Å². The van der Waals surface area contributed by atoms with Gasteiger partial charge in [0.05, 0.1) is 0 Å². The van der Waals surface area contributed by atoms with Gasteiger partial charge in [-0.25, -0.2) is 4.79 Å². The smallest absolute Gasteiger partial charge is 0.329 e. The van der Waals surface area contributed by atoms with Gasteiger partial charge in [-0.15, -0.1) is 0 Å². The largest absolute Gasteiger partial charge is 0.458 e. The number of rotatable bonds is 7. The van der Waals surface area contributed by atoms with Gasteiger partial charge in [0.1, 0.15) is 23.0 Å². The van der Waals surface area contributed by atoms with E-state index in [1.165, 1.54) is 22.7 Å². The van der Waals surface area contributed by atoms with Gasteiger partial charge in [0.2, 0.25) is 0 Å². The van der Waals surface area contributed by atoms with Gasteiger partial charge in [-0.05, 0) is 26.3 Å². The molecule has 0 radical (unpaired) electrons. The zero-order valence-corrected chi connectivity index (χ0v) is 21.2. The Morgan fingerprint density at radius 2 is 1.82 bits per heavy atom. The molecule has 1 amide bonds. The van der Waals surface area contributed by atoms with E-state index in [9.17, 15) is 18.0 Å². The summed E-state index contributed by atoms with van der Waals surface area (Å²) in [5.41, 5.74) is -0.346. The third-order valence-corrected chi connectivity index (χ3v) is 7.74. The van der Waals surface area contributed by atoms with Crippen molar-refractivity contribution in [2.45, 2.75) is 63.7 Å². The number of esters is 1. The number of carbonyl (C=O) groups is 2. The van der Waals surface area contributed by atoms with Crippen LogP contribution in [0.3, 0.4) is 0 Å². The minimum absolute atomic E-state index is 0.186. The van der Waals surface area contributed by atoms with Crippen molar-refractivity contribution < 1.29 is 27.6 Å². The maximum absolute atomic E-state index is 13.0. The van der Waals surface area contributed by atoms with Crippen molar-refractivity contribution in [3.8, 4) is 0 Å². The average molecular weight is 495 g/mol. The molecule has 1 aromatic rings. The molecular formula is C23H34N4O6S. The number of ether oxygens (including phenoxy) is 1. The van der Waals surface area contributed by atoms with Crippen LogP contribution in [0.5, 0.6) is 0 Å². The summed E-state index contributed by atoms with van der Waals surface area (Å²) >= 11 is 0. The minimum atomic E-state index is -3.50. The van der Waals surface area contributed by atoms with E-state index in [0.717, 1.165) is 5.56 Å². The van der Waals surface area contributed by atoms with E-state index in [1.807, 2.05) is 30.3 Å². The molecule has 1 N–H and O–H groups in total. The Morgan fingerprint density at radius 1 is 1.21 bits per heavy atom. The van der Waals surface area contributed by atoms with Crippen LogP contribution in [0.4, 0.5) is 0 Å². The summed E-state index contributed by atoms with van der Waals surface area (Å²) in [4.78, 5) is 31.5. The summed E-state index contributed by atoms with van der Waals surface area (Å²) in [5, 5.41) is 6.77. The van der Waals surface area contributed by atoms with Crippen molar-refractivity contribution in [2.75, 3.05) is 27.2 Å². The first kappa shape index (κ1) is 26.1. The van der Waals surface area contributed by atoms with E-state index in [1.54, 1.807) is 20.8 Å². The highest BCUT2D eigenvalue weighted by Gasteiger charge is 2.46. The number of carbonyl (C=O) groups excluding carboxylic acids is 2. The van der Waals surface area contributed by atoms with Crippen molar-refractivity contribution in [1.29, 1.82) is 0 Å². The topological polar surface area (TPSA) is 118 Å². The molecule has 0 aliphatic carbocycles. The molecule has 1 fully saturated rings. The molecule has 2 aliphatic rings. The Kier molecular flexibility index (Phi) is 7.69. The van der Waals surface area contributed by atoms with Gasteiger partial charge < -0.3 is 14.9 Å². The van der Waals surface area contributed by atoms with Gasteiger partial charge in [-0.1, -0.05) is 35.5 Å².